The van der Waals surface area contributed by atoms with Crippen LogP contribution in [0.3, 0.4) is 0 Å². The maximum Gasteiger partial charge on any atom is 0.253 e. The van der Waals surface area contributed by atoms with Gasteiger partial charge >= 0.3 is 0 Å². The molecule has 2 amide bonds. The van der Waals surface area contributed by atoms with Gasteiger partial charge in [-0.05, 0) is 36.5 Å². The molecule has 0 aliphatic heterocycles. The zero-order valence-corrected chi connectivity index (χ0v) is 14.5. The zero-order chi connectivity index (χ0) is 16.7. The molecule has 0 saturated heterocycles. The second-order valence-corrected chi connectivity index (χ2v) is 6.29. The largest absolute Gasteiger partial charge is 0.360 e. The third-order valence-corrected chi connectivity index (χ3v) is 3.62. The Morgan fingerprint density at radius 1 is 1.27 bits per heavy atom. The number of carbonyl (C=O) groups is 2. The van der Waals surface area contributed by atoms with Crippen LogP contribution in [0.15, 0.2) is 18.2 Å². The molecule has 119 valence electrons. The van der Waals surface area contributed by atoms with Gasteiger partial charge < -0.3 is 10.6 Å². The summed E-state index contributed by atoms with van der Waals surface area (Å²) in [5, 5.41) is 6.11. The summed E-state index contributed by atoms with van der Waals surface area (Å²) in [5.41, 5.74) is 0.253. The van der Waals surface area contributed by atoms with Crippen LogP contribution >= 0.6 is 23.2 Å². The van der Waals surface area contributed by atoms with Crippen molar-refractivity contribution in [1.82, 2.24) is 10.6 Å². The number of hydrogen-bond acceptors (Lipinski definition) is 2. The minimum absolute atomic E-state index is 0.000778. The monoisotopic (exact) mass is 341 g/mol. The number of amides is 2. The second kappa shape index (κ2) is 9.06. The Balaban J connectivity index is 2.53. The van der Waals surface area contributed by atoms with E-state index in [1.165, 1.54) is 6.07 Å². The molecule has 0 bridgehead atoms. The average molecular weight is 342 g/mol. The van der Waals surface area contributed by atoms with Crippen molar-refractivity contribution in [2.24, 2.45) is 5.92 Å². The van der Waals surface area contributed by atoms with Gasteiger partial charge in [0, 0.05) is 5.02 Å². The van der Waals surface area contributed by atoms with Gasteiger partial charge in [0.1, 0.15) is 7.28 Å². The molecule has 7 heteroatoms. The van der Waals surface area contributed by atoms with Crippen LogP contribution in [0.1, 0.15) is 30.6 Å². The van der Waals surface area contributed by atoms with Crippen LogP contribution in [0.25, 0.3) is 0 Å². The smallest absolute Gasteiger partial charge is 0.253 e. The first-order chi connectivity index (χ1) is 10.3. The molecule has 1 rings (SSSR count). The highest BCUT2D eigenvalue weighted by atomic mass is 35.5. The molecule has 22 heavy (non-hydrogen) atoms. The van der Waals surface area contributed by atoms with E-state index in [0.717, 1.165) is 6.42 Å². The lowest BCUT2D eigenvalue weighted by atomic mass is 9.69. The van der Waals surface area contributed by atoms with Crippen LogP contribution in [-0.4, -0.2) is 31.6 Å². The molecular weight excluding hydrogens is 322 g/mol. The molecule has 2 N–H and O–H groups in total. The predicted octanol–water partition coefficient (Wildman–Crippen LogP) is 2.96. The molecule has 1 aromatic carbocycles. The number of benzene rings is 1. The summed E-state index contributed by atoms with van der Waals surface area (Å²) in [6.45, 7) is 5.97. The fourth-order valence-electron chi connectivity index (χ4n) is 1.97. The van der Waals surface area contributed by atoms with Crippen LogP contribution in [0.5, 0.6) is 0 Å². The lowest BCUT2D eigenvalue weighted by Gasteiger charge is -2.18. The molecule has 0 saturated carbocycles. The highest BCUT2D eigenvalue weighted by molar-refractivity contribution is 6.36. The van der Waals surface area contributed by atoms with E-state index in [1.54, 1.807) is 12.1 Å². The summed E-state index contributed by atoms with van der Waals surface area (Å²) in [6, 6.07) is 4.61. The standard InChI is InChI=1S/C15H20BCl2N2O2/c1-9(2)6-13(16-3)20-14(21)8-19-15(22)11-7-10(17)4-5-12(11)18/h4-5,7,9,13H,6,8H2,1-3H3,(H,19,22)(H,20,21)/t13-/m0/s1. The van der Waals surface area contributed by atoms with E-state index in [0.29, 0.717) is 16.0 Å². The molecule has 0 heterocycles. The summed E-state index contributed by atoms with van der Waals surface area (Å²) in [4.78, 5) is 23.9. The van der Waals surface area contributed by atoms with Crippen LogP contribution < -0.4 is 10.6 Å². The van der Waals surface area contributed by atoms with E-state index in [4.69, 9.17) is 23.2 Å². The van der Waals surface area contributed by atoms with Crippen molar-refractivity contribution >= 4 is 42.3 Å². The van der Waals surface area contributed by atoms with Gasteiger partial charge in [-0.1, -0.05) is 43.9 Å². The number of carbonyl (C=O) groups excluding carboxylic acids is 2. The van der Waals surface area contributed by atoms with Gasteiger partial charge in [0.2, 0.25) is 5.91 Å². The first-order valence-corrected chi connectivity index (χ1v) is 7.91. The zero-order valence-electron chi connectivity index (χ0n) is 13.0. The maximum absolute atomic E-state index is 12.0. The Hall–Kier alpha value is -1.20. The first kappa shape index (κ1) is 18.9. The highest BCUT2D eigenvalue weighted by Crippen LogP contribution is 2.20. The molecule has 0 unspecified atom stereocenters. The molecule has 0 aromatic heterocycles. The van der Waals surface area contributed by atoms with Crippen LogP contribution in [0.2, 0.25) is 16.9 Å². The average Bonchev–Trinajstić information content (AvgIpc) is 2.46. The highest BCUT2D eigenvalue weighted by Gasteiger charge is 2.15. The summed E-state index contributed by atoms with van der Waals surface area (Å²) in [5.74, 6) is -0.195. The van der Waals surface area contributed by atoms with Crippen molar-refractivity contribution in [2.45, 2.75) is 33.0 Å². The van der Waals surface area contributed by atoms with E-state index in [-0.39, 0.29) is 24.0 Å². The topological polar surface area (TPSA) is 58.2 Å². The van der Waals surface area contributed by atoms with E-state index >= 15 is 0 Å². The minimum atomic E-state index is -0.427. The van der Waals surface area contributed by atoms with Gasteiger partial charge in [0.15, 0.2) is 0 Å². The molecule has 0 fully saturated rings. The van der Waals surface area contributed by atoms with E-state index < -0.39 is 5.91 Å². The molecule has 1 radical (unpaired) electrons. The van der Waals surface area contributed by atoms with Gasteiger partial charge in [-0.15, -0.1) is 0 Å². The molecule has 0 aliphatic carbocycles. The van der Waals surface area contributed by atoms with Crippen molar-refractivity contribution in [3.63, 3.8) is 0 Å². The molecule has 4 nitrogen and oxygen atoms in total. The predicted molar refractivity (Wildman–Crippen MR) is 91.8 cm³/mol. The summed E-state index contributed by atoms with van der Waals surface area (Å²) in [6.07, 6.45) is 0.857. The van der Waals surface area contributed by atoms with E-state index in [9.17, 15) is 9.59 Å². The van der Waals surface area contributed by atoms with Gasteiger partial charge in [-0.25, -0.2) is 0 Å². The SMILES string of the molecule is C[B][C@H](CC(C)C)NC(=O)CNC(=O)c1cc(Cl)ccc1Cl. The van der Waals surface area contributed by atoms with E-state index in [2.05, 4.69) is 24.5 Å². The summed E-state index contributed by atoms with van der Waals surface area (Å²) in [7, 11) is 1.94. The second-order valence-electron chi connectivity index (χ2n) is 5.44. The Labute approximate surface area is 142 Å². The van der Waals surface area contributed by atoms with Crippen molar-refractivity contribution < 1.29 is 9.59 Å². The normalized spacial score (nSPS) is 11.9. The minimum Gasteiger partial charge on any atom is -0.360 e. The Morgan fingerprint density at radius 3 is 2.55 bits per heavy atom. The Morgan fingerprint density at radius 2 is 1.95 bits per heavy atom. The quantitative estimate of drug-likeness (QED) is 0.749. The Bertz CT molecular complexity index is 538. The van der Waals surface area contributed by atoms with Crippen molar-refractivity contribution in [3.05, 3.63) is 33.8 Å². The molecular formula is C15H20BCl2N2O2. The van der Waals surface area contributed by atoms with Crippen molar-refractivity contribution in [1.29, 1.82) is 0 Å². The van der Waals surface area contributed by atoms with Crippen LogP contribution in [-0.2, 0) is 4.79 Å². The van der Waals surface area contributed by atoms with Crippen molar-refractivity contribution in [2.75, 3.05) is 6.54 Å². The lowest BCUT2D eigenvalue weighted by molar-refractivity contribution is -0.120. The fourth-order valence-corrected chi connectivity index (χ4v) is 2.35. The van der Waals surface area contributed by atoms with Gasteiger partial charge in [-0.3, -0.25) is 9.59 Å². The van der Waals surface area contributed by atoms with Crippen LogP contribution in [0, 0.1) is 5.92 Å². The molecule has 0 spiro atoms. The first-order valence-electron chi connectivity index (χ1n) is 7.15. The number of halogens is 2. The van der Waals surface area contributed by atoms with Gasteiger partial charge in [0.05, 0.1) is 17.1 Å². The summed E-state index contributed by atoms with van der Waals surface area (Å²) >= 11 is 11.8. The lowest BCUT2D eigenvalue weighted by Crippen LogP contribution is -2.44. The third-order valence-electron chi connectivity index (χ3n) is 3.06. The van der Waals surface area contributed by atoms with Crippen LogP contribution in [0.4, 0.5) is 0 Å². The number of nitrogens with one attached hydrogen (secondary N) is 2. The summed E-state index contributed by atoms with van der Waals surface area (Å²) < 4.78 is 0. The van der Waals surface area contributed by atoms with Gasteiger partial charge in [0.25, 0.3) is 5.91 Å². The van der Waals surface area contributed by atoms with E-state index in [1.807, 2.05) is 14.1 Å². The molecule has 1 atom stereocenters. The third kappa shape index (κ3) is 6.28. The molecule has 1 aromatic rings. The van der Waals surface area contributed by atoms with Crippen molar-refractivity contribution in [3.8, 4) is 0 Å². The number of rotatable bonds is 7. The fraction of sp³-hybridized carbons (Fsp3) is 0.467. The Kier molecular flexibility index (Phi) is 7.76. The maximum atomic E-state index is 12.0. The number of hydrogen-bond donors (Lipinski definition) is 2. The van der Waals surface area contributed by atoms with Gasteiger partial charge in [-0.2, -0.15) is 0 Å². The molecule has 0 aliphatic rings.